The van der Waals surface area contributed by atoms with Gasteiger partial charge in [-0.2, -0.15) is 0 Å². The maximum atomic E-state index is 12.3. The fraction of sp³-hybridized carbons (Fsp3) is 0.318. The summed E-state index contributed by atoms with van der Waals surface area (Å²) >= 11 is 0. The molecule has 0 unspecified atom stereocenters. The SMILES string of the molecule is C=C(C)COc1cccc(NC(=O)CNc2ccccc2OCCCC)c1. The van der Waals surface area contributed by atoms with Crippen LogP contribution >= 0.6 is 0 Å². The molecule has 0 spiro atoms. The number of hydrogen-bond donors (Lipinski definition) is 2. The maximum Gasteiger partial charge on any atom is 0.243 e. The molecule has 0 aliphatic carbocycles. The number of para-hydroxylation sites is 2. The Hall–Kier alpha value is -2.95. The number of amides is 1. The summed E-state index contributed by atoms with van der Waals surface area (Å²) in [6.07, 6.45) is 2.08. The normalized spacial score (nSPS) is 10.1. The minimum atomic E-state index is -0.143. The molecule has 5 nitrogen and oxygen atoms in total. The second-order valence-electron chi connectivity index (χ2n) is 6.37. The van der Waals surface area contributed by atoms with Crippen LogP contribution in [0.2, 0.25) is 0 Å². The molecule has 27 heavy (non-hydrogen) atoms. The molecule has 0 bridgehead atoms. The Labute approximate surface area is 161 Å². The smallest absolute Gasteiger partial charge is 0.243 e. The predicted molar refractivity (Wildman–Crippen MR) is 111 cm³/mol. The van der Waals surface area contributed by atoms with Crippen molar-refractivity contribution in [3.8, 4) is 11.5 Å². The number of carbonyl (C=O) groups is 1. The zero-order valence-electron chi connectivity index (χ0n) is 16.1. The van der Waals surface area contributed by atoms with Crippen molar-refractivity contribution in [2.24, 2.45) is 0 Å². The molecule has 2 aromatic rings. The van der Waals surface area contributed by atoms with Gasteiger partial charge in [-0.1, -0.05) is 38.1 Å². The van der Waals surface area contributed by atoms with Crippen molar-refractivity contribution < 1.29 is 14.3 Å². The summed E-state index contributed by atoms with van der Waals surface area (Å²) in [5, 5.41) is 6.00. The number of rotatable bonds is 11. The van der Waals surface area contributed by atoms with E-state index in [0.29, 0.717) is 24.7 Å². The van der Waals surface area contributed by atoms with Crippen LogP contribution in [0.1, 0.15) is 26.7 Å². The Morgan fingerprint density at radius 2 is 1.93 bits per heavy atom. The fourth-order valence-electron chi connectivity index (χ4n) is 2.32. The zero-order chi connectivity index (χ0) is 19.5. The standard InChI is InChI=1S/C22H28N2O3/c1-4-5-13-26-21-12-7-6-11-20(21)23-15-22(25)24-18-9-8-10-19(14-18)27-16-17(2)3/h6-12,14,23H,2,4-5,13,15-16H2,1,3H3,(H,24,25). The van der Waals surface area contributed by atoms with E-state index in [1.165, 1.54) is 0 Å². The van der Waals surface area contributed by atoms with E-state index in [-0.39, 0.29) is 12.5 Å². The van der Waals surface area contributed by atoms with Crippen LogP contribution < -0.4 is 20.1 Å². The molecular weight excluding hydrogens is 340 g/mol. The van der Waals surface area contributed by atoms with Crippen molar-refractivity contribution in [2.45, 2.75) is 26.7 Å². The molecule has 2 aromatic carbocycles. The van der Waals surface area contributed by atoms with Gasteiger partial charge < -0.3 is 20.1 Å². The molecule has 1 amide bonds. The topological polar surface area (TPSA) is 59.6 Å². The van der Waals surface area contributed by atoms with Gasteiger partial charge in [-0.05, 0) is 43.2 Å². The third kappa shape index (κ3) is 7.44. The first-order valence-electron chi connectivity index (χ1n) is 9.21. The average Bonchev–Trinajstić information content (AvgIpc) is 2.66. The third-order valence-electron chi connectivity index (χ3n) is 3.68. The number of hydrogen-bond acceptors (Lipinski definition) is 4. The van der Waals surface area contributed by atoms with Gasteiger partial charge in [0.05, 0.1) is 18.8 Å². The van der Waals surface area contributed by atoms with Crippen LogP contribution in [-0.4, -0.2) is 25.7 Å². The van der Waals surface area contributed by atoms with Crippen molar-refractivity contribution >= 4 is 17.3 Å². The molecule has 5 heteroatoms. The minimum absolute atomic E-state index is 0.143. The number of nitrogens with one attached hydrogen (secondary N) is 2. The van der Waals surface area contributed by atoms with E-state index >= 15 is 0 Å². The Morgan fingerprint density at radius 3 is 2.70 bits per heavy atom. The molecule has 0 aliphatic heterocycles. The molecule has 0 heterocycles. The Morgan fingerprint density at radius 1 is 1.11 bits per heavy atom. The highest BCUT2D eigenvalue weighted by atomic mass is 16.5. The first-order chi connectivity index (χ1) is 13.1. The van der Waals surface area contributed by atoms with Crippen molar-refractivity contribution in [3.05, 3.63) is 60.7 Å². The van der Waals surface area contributed by atoms with Crippen LogP contribution in [0.25, 0.3) is 0 Å². The molecule has 0 aromatic heterocycles. The average molecular weight is 368 g/mol. The highest BCUT2D eigenvalue weighted by Gasteiger charge is 2.07. The van der Waals surface area contributed by atoms with Crippen LogP contribution in [0, 0.1) is 0 Å². The highest BCUT2D eigenvalue weighted by molar-refractivity contribution is 5.94. The second kappa shape index (κ2) is 10.9. The summed E-state index contributed by atoms with van der Waals surface area (Å²) in [5.74, 6) is 1.31. The lowest BCUT2D eigenvalue weighted by atomic mass is 10.2. The van der Waals surface area contributed by atoms with Gasteiger partial charge in [-0.3, -0.25) is 4.79 Å². The second-order valence-corrected chi connectivity index (χ2v) is 6.37. The molecule has 0 radical (unpaired) electrons. The number of ether oxygens (including phenoxy) is 2. The number of carbonyl (C=O) groups excluding carboxylic acids is 1. The van der Waals surface area contributed by atoms with Crippen molar-refractivity contribution in [1.29, 1.82) is 0 Å². The van der Waals surface area contributed by atoms with E-state index in [9.17, 15) is 4.79 Å². The molecular formula is C22H28N2O3. The van der Waals surface area contributed by atoms with E-state index in [0.717, 1.165) is 29.9 Å². The van der Waals surface area contributed by atoms with E-state index in [1.807, 2.05) is 49.4 Å². The third-order valence-corrected chi connectivity index (χ3v) is 3.68. The predicted octanol–water partition coefficient (Wildman–Crippen LogP) is 4.87. The first-order valence-corrected chi connectivity index (χ1v) is 9.21. The van der Waals surface area contributed by atoms with Gasteiger partial charge in [0.2, 0.25) is 5.91 Å². The van der Waals surface area contributed by atoms with Crippen molar-refractivity contribution in [2.75, 3.05) is 30.4 Å². The number of anilines is 2. The van der Waals surface area contributed by atoms with Crippen LogP contribution in [-0.2, 0) is 4.79 Å². The molecule has 2 rings (SSSR count). The monoisotopic (exact) mass is 368 g/mol. The van der Waals surface area contributed by atoms with Crippen LogP contribution in [0.5, 0.6) is 11.5 Å². The minimum Gasteiger partial charge on any atom is -0.491 e. The summed E-state index contributed by atoms with van der Waals surface area (Å²) in [4.78, 5) is 12.3. The quantitative estimate of drug-likeness (QED) is 0.439. The summed E-state index contributed by atoms with van der Waals surface area (Å²) in [6, 6.07) is 14.9. The molecule has 0 atom stereocenters. The molecule has 0 aliphatic rings. The summed E-state index contributed by atoms with van der Waals surface area (Å²) in [6.45, 7) is 9.10. The van der Waals surface area contributed by atoms with E-state index in [4.69, 9.17) is 9.47 Å². The highest BCUT2D eigenvalue weighted by Crippen LogP contribution is 2.24. The summed E-state index contributed by atoms with van der Waals surface area (Å²) < 4.78 is 11.4. The lowest BCUT2D eigenvalue weighted by Crippen LogP contribution is -2.22. The lowest BCUT2D eigenvalue weighted by molar-refractivity contribution is -0.114. The van der Waals surface area contributed by atoms with Crippen LogP contribution in [0.15, 0.2) is 60.7 Å². The Bertz CT molecular complexity index is 759. The number of unbranched alkanes of at least 4 members (excludes halogenated alkanes) is 1. The Kier molecular flexibility index (Phi) is 8.23. The lowest BCUT2D eigenvalue weighted by Gasteiger charge is -2.13. The van der Waals surface area contributed by atoms with Gasteiger partial charge in [0, 0.05) is 11.8 Å². The Balaban J connectivity index is 1.88. The van der Waals surface area contributed by atoms with Crippen molar-refractivity contribution in [1.82, 2.24) is 0 Å². The van der Waals surface area contributed by atoms with E-state index in [2.05, 4.69) is 24.1 Å². The van der Waals surface area contributed by atoms with Gasteiger partial charge in [0.15, 0.2) is 0 Å². The van der Waals surface area contributed by atoms with E-state index in [1.54, 1.807) is 6.07 Å². The van der Waals surface area contributed by atoms with Crippen LogP contribution in [0.3, 0.4) is 0 Å². The summed E-state index contributed by atoms with van der Waals surface area (Å²) in [7, 11) is 0. The number of benzene rings is 2. The maximum absolute atomic E-state index is 12.3. The zero-order valence-corrected chi connectivity index (χ0v) is 16.1. The van der Waals surface area contributed by atoms with Crippen LogP contribution in [0.4, 0.5) is 11.4 Å². The molecule has 2 N–H and O–H groups in total. The first kappa shape index (κ1) is 20.4. The van der Waals surface area contributed by atoms with Gasteiger partial charge in [-0.25, -0.2) is 0 Å². The van der Waals surface area contributed by atoms with Crippen molar-refractivity contribution in [3.63, 3.8) is 0 Å². The summed E-state index contributed by atoms with van der Waals surface area (Å²) in [5.41, 5.74) is 2.43. The van der Waals surface area contributed by atoms with Gasteiger partial charge >= 0.3 is 0 Å². The fourth-order valence-corrected chi connectivity index (χ4v) is 2.32. The largest absolute Gasteiger partial charge is 0.491 e. The van der Waals surface area contributed by atoms with Gasteiger partial charge in [0.1, 0.15) is 18.1 Å². The molecule has 144 valence electrons. The molecule has 0 saturated heterocycles. The van der Waals surface area contributed by atoms with Gasteiger partial charge in [0.25, 0.3) is 0 Å². The van der Waals surface area contributed by atoms with Gasteiger partial charge in [-0.15, -0.1) is 0 Å². The van der Waals surface area contributed by atoms with E-state index < -0.39 is 0 Å². The molecule has 0 saturated carbocycles. The molecule has 0 fully saturated rings.